The lowest BCUT2D eigenvalue weighted by Gasteiger charge is -2.17. The highest BCUT2D eigenvalue weighted by atomic mass is 79.9. The van der Waals surface area contributed by atoms with Gasteiger partial charge in [0.1, 0.15) is 11.9 Å². The van der Waals surface area contributed by atoms with Crippen molar-refractivity contribution in [2.75, 3.05) is 6.54 Å². The van der Waals surface area contributed by atoms with Gasteiger partial charge in [0, 0.05) is 22.0 Å². The monoisotopic (exact) mass is 399 g/mol. The molecule has 7 heteroatoms. The minimum atomic E-state index is -0.299. The van der Waals surface area contributed by atoms with Crippen molar-refractivity contribution in [3.63, 3.8) is 0 Å². The number of hydrogen-bond donors (Lipinski definition) is 1. The number of rotatable bonds is 4. The molecule has 2 N–H and O–H groups in total. The molecule has 1 heterocycles. The van der Waals surface area contributed by atoms with E-state index in [2.05, 4.69) is 15.9 Å². The van der Waals surface area contributed by atoms with E-state index in [0.717, 1.165) is 9.35 Å². The molecule has 1 unspecified atom stereocenters. The zero-order valence-electron chi connectivity index (χ0n) is 9.50. The minimum Gasteiger partial charge on any atom is -0.482 e. The molecule has 1 aromatic heterocycles. The summed E-state index contributed by atoms with van der Waals surface area (Å²) in [6, 6.07) is 7.04. The van der Waals surface area contributed by atoms with E-state index >= 15 is 0 Å². The fourth-order valence-corrected chi connectivity index (χ4v) is 3.41. The molecule has 0 aliphatic heterocycles. The third-order valence-corrected chi connectivity index (χ3v) is 5.19. The molecule has 0 saturated carbocycles. The van der Waals surface area contributed by atoms with Crippen molar-refractivity contribution in [2.45, 2.75) is 6.10 Å². The summed E-state index contributed by atoms with van der Waals surface area (Å²) in [7, 11) is 0. The molecule has 2 aromatic rings. The Kier molecular flexibility index (Phi) is 5.40. The molecular formula is C12H9BrCl3NOS. The number of benzene rings is 1. The van der Waals surface area contributed by atoms with Crippen LogP contribution in [0.25, 0.3) is 0 Å². The fourth-order valence-electron chi connectivity index (χ4n) is 1.47. The average Bonchev–Trinajstić information content (AvgIpc) is 2.78. The van der Waals surface area contributed by atoms with Gasteiger partial charge in [-0.15, -0.1) is 11.3 Å². The highest BCUT2D eigenvalue weighted by Crippen LogP contribution is 2.37. The van der Waals surface area contributed by atoms with E-state index in [9.17, 15) is 0 Å². The zero-order valence-corrected chi connectivity index (χ0v) is 14.2. The Morgan fingerprint density at radius 3 is 2.53 bits per heavy atom. The Labute approximate surface area is 138 Å². The molecule has 0 aliphatic rings. The van der Waals surface area contributed by atoms with E-state index in [0.29, 0.717) is 26.7 Å². The Bertz CT molecular complexity index is 590. The van der Waals surface area contributed by atoms with Crippen LogP contribution in [0.1, 0.15) is 11.0 Å². The summed E-state index contributed by atoms with van der Waals surface area (Å²) in [6.45, 7) is 0.320. The van der Waals surface area contributed by atoms with Crippen LogP contribution in [0, 0.1) is 0 Å². The molecule has 1 atom stereocenters. The predicted molar refractivity (Wildman–Crippen MR) is 85.9 cm³/mol. The van der Waals surface area contributed by atoms with Gasteiger partial charge in [-0.05, 0) is 34.1 Å². The van der Waals surface area contributed by atoms with Crippen molar-refractivity contribution >= 4 is 62.1 Å². The van der Waals surface area contributed by atoms with Crippen molar-refractivity contribution in [2.24, 2.45) is 5.73 Å². The van der Waals surface area contributed by atoms with Gasteiger partial charge in [0.25, 0.3) is 0 Å². The van der Waals surface area contributed by atoms with Crippen LogP contribution >= 0.6 is 62.1 Å². The van der Waals surface area contributed by atoms with Gasteiger partial charge in [-0.1, -0.05) is 34.8 Å². The molecule has 19 heavy (non-hydrogen) atoms. The smallest absolute Gasteiger partial charge is 0.145 e. The SMILES string of the molecule is NCC(Oc1cc(Cl)c(Br)cc1Cl)c1ccc(Cl)s1. The average molecular weight is 402 g/mol. The van der Waals surface area contributed by atoms with Gasteiger partial charge < -0.3 is 10.5 Å². The molecule has 102 valence electrons. The Balaban J connectivity index is 2.26. The van der Waals surface area contributed by atoms with Crippen molar-refractivity contribution in [3.8, 4) is 5.75 Å². The minimum absolute atomic E-state index is 0.299. The maximum atomic E-state index is 6.12. The second kappa shape index (κ2) is 6.66. The molecule has 0 spiro atoms. The summed E-state index contributed by atoms with van der Waals surface area (Å²) >= 11 is 22.8. The first-order chi connectivity index (χ1) is 9.01. The third-order valence-electron chi connectivity index (χ3n) is 2.37. The van der Waals surface area contributed by atoms with Crippen LogP contribution in [-0.2, 0) is 0 Å². The van der Waals surface area contributed by atoms with Gasteiger partial charge in [-0.2, -0.15) is 0 Å². The lowest BCUT2D eigenvalue weighted by Crippen LogP contribution is -2.17. The molecule has 2 nitrogen and oxygen atoms in total. The van der Waals surface area contributed by atoms with Crippen molar-refractivity contribution in [3.05, 3.63) is 48.0 Å². The molecule has 0 saturated heterocycles. The first kappa shape index (κ1) is 15.4. The van der Waals surface area contributed by atoms with Gasteiger partial charge in [0.15, 0.2) is 0 Å². The van der Waals surface area contributed by atoms with Gasteiger partial charge in [0.2, 0.25) is 0 Å². The lowest BCUT2D eigenvalue weighted by atomic mass is 10.3. The van der Waals surface area contributed by atoms with Crippen LogP contribution in [0.2, 0.25) is 14.4 Å². The van der Waals surface area contributed by atoms with E-state index in [-0.39, 0.29) is 6.10 Å². The normalized spacial score (nSPS) is 12.5. The van der Waals surface area contributed by atoms with E-state index < -0.39 is 0 Å². The van der Waals surface area contributed by atoms with E-state index in [4.69, 9.17) is 45.3 Å². The van der Waals surface area contributed by atoms with E-state index in [1.165, 1.54) is 11.3 Å². The van der Waals surface area contributed by atoms with Gasteiger partial charge >= 0.3 is 0 Å². The summed E-state index contributed by atoms with van der Waals surface area (Å²) in [5, 5.41) is 0.997. The summed E-state index contributed by atoms with van der Waals surface area (Å²) in [5.41, 5.74) is 5.73. The van der Waals surface area contributed by atoms with Gasteiger partial charge in [-0.25, -0.2) is 0 Å². The summed E-state index contributed by atoms with van der Waals surface area (Å²) in [4.78, 5) is 0.947. The number of hydrogen-bond acceptors (Lipinski definition) is 3. The first-order valence-electron chi connectivity index (χ1n) is 5.27. The topological polar surface area (TPSA) is 35.2 Å². The number of nitrogens with two attached hydrogens (primary N) is 1. The Morgan fingerprint density at radius 2 is 1.95 bits per heavy atom. The molecule has 0 aliphatic carbocycles. The standard InChI is InChI=1S/C12H9BrCl3NOS/c13-6-3-8(15)9(4-7(6)14)18-10(5-17)11-1-2-12(16)19-11/h1-4,10H,5,17H2. The van der Waals surface area contributed by atoms with Crippen LogP contribution in [-0.4, -0.2) is 6.54 Å². The Hall–Kier alpha value is 0.0300. The van der Waals surface area contributed by atoms with Crippen LogP contribution in [0.5, 0.6) is 5.75 Å². The van der Waals surface area contributed by atoms with Crippen molar-refractivity contribution < 1.29 is 4.74 Å². The van der Waals surface area contributed by atoms with Crippen LogP contribution in [0.15, 0.2) is 28.7 Å². The maximum absolute atomic E-state index is 6.12. The third kappa shape index (κ3) is 3.78. The predicted octanol–water partition coefficient (Wildman–Crippen LogP) is 5.55. The lowest BCUT2D eigenvalue weighted by molar-refractivity contribution is 0.218. The Morgan fingerprint density at radius 1 is 1.21 bits per heavy atom. The number of ether oxygens (including phenoxy) is 1. The quantitative estimate of drug-likeness (QED) is 0.682. The van der Waals surface area contributed by atoms with Crippen LogP contribution in [0.4, 0.5) is 0 Å². The van der Waals surface area contributed by atoms with Gasteiger partial charge in [-0.3, -0.25) is 0 Å². The largest absolute Gasteiger partial charge is 0.482 e. The maximum Gasteiger partial charge on any atom is 0.145 e. The molecule has 0 bridgehead atoms. The summed E-state index contributed by atoms with van der Waals surface area (Å²) in [5.74, 6) is 0.495. The van der Waals surface area contributed by atoms with Crippen molar-refractivity contribution in [1.29, 1.82) is 0 Å². The fraction of sp³-hybridized carbons (Fsp3) is 0.167. The summed E-state index contributed by atoms with van der Waals surface area (Å²) in [6.07, 6.45) is -0.299. The van der Waals surface area contributed by atoms with E-state index in [1.807, 2.05) is 12.1 Å². The molecule has 0 fully saturated rings. The van der Waals surface area contributed by atoms with Gasteiger partial charge in [0.05, 0.1) is 14.4 Å². The van der Waals surface area contributed by atoms with Crippen LogP contribution < -0.4 is 10.5 Å². The first-order valence-corrected chi connectivity index (χ1v) is 8.02. The highest BCUT2D eigenvalue weighted by molar-refractivity contribution is 9.10. The highest BCUT2D eigenvalue weighted by Gasteiger charge is 2.16. The van der Waals surface area contributed by atoms with Crippen molar-refractivity contribution in [1.82, 2.24) is 0 Å². The number of thiophene rings is 1. The zero-order chi connectivity index (χ0) is 14.0. The van der Waals surface area contributed by atoms with Crippen LogP contribution in [0.3, 0.4) is 0 Å². The molecule has 2 rings (SSSR count). The second-order valence-electron chi connectivity index (χ2n) is 3.68. The number of halogens is 4. The molecular weight excluding hydrogens is 392 g/mol. The van der Waals surface area contributed by atoms with E-state index in [1.54, 1.807) is 12.1 Å². The molecule has 0 radical (unpaired) electrons. The second-order valence-corrected chi connectivity index (χ2v) is 7.10. The summed E-state index contributed by atoms with van der Waals surface area (Å²) < 4.78 is 7.23. The molecule has 1 aromatic carbocycles. The molecule has 0 amide bonds.